The van der Waals surface area contributed by atoms with Crippen molar-refractivity contribution >= 4 is 0 Å². The van der Waals surface area contributed by atoms with Crippen LogP contribution in [0.4, 0.5) is 0 Å². The van der Waals surface area contributed by atoms with Crippen molar-refractivity contribution in [2.24, 2.45) is 0 Å². The van der Waals surface area contributed by atoms with Crippen molar-refractivity contribution in [1.82, 2.24) is 20.1 Å². The highest BCUT2D eigenvalue weighted by Crippen LogP contribution is 2.32. The fraction of sp³-hybridized carbons (Fsp3) is 0.588. The van der Waals surface area contributed by atoms with Gasteiger partial charge in [0.05, 0.1) is 13.0 Å². The molecular weight excluding hydrogens is 292 g/mol. The average molecular weight is 316 g/mol. The van der Waals surface area contributed by atoms with E-state index in [1.165, 1.54) is 5.56 Å². The lowest BCUT2D eigenvalue weighted by molar-refractivity contribution is 0.118. The Labute approximate surface area is 136 Å². The lowest BCUT2D eigenvalue weighted by atomic mass is 9.90. The largest absolute Gasteiger partial charge is 0.481 e. The number of aromatic nitrogens is 3. The van der Waals surface area contributed by atoms with E-state index in [1.54, 1.807) is 7.11 Å². The molecule has 0 N–H and O–H groups in total. The van der Waals surface area contributed by atoms with Gasteiger partial charge in [-0.3, -0.25) is 4.90 Å². The van der Waals surface area contributed by atoms with E-state index in [1.807, 2.05) is 19.2 Å². The normalized spacial score (nSPS) is 22.2. The van der Waals surface area contributed by atoms with Crippen molar-refractivity contribution in [3.8, 4) is 5.88 Å². The molecular formula is C17H24N4O2. The van der Waals surface area contributed by atoms with E-state index < -0.39 is 0 Å². The van der Waals surface area contributed by atoms with Gasteiger partial charge in [-0.1, -0.05) is 13.0 Å². The van der Waals surface area contributed by atoms with E-state index in [-0.39, 0.29) is 0 Å². The van der Waals surface area contributed by atoms with Crippen molar-refractivity contribution in [2.45, 2.75) is 51.6 Å². The number of likely N-dealkylation sites (tertiary alicyclic amines) is 1. The second kappa shape index (κ2) is 7.08. The molecule has 2 atom stereocenters. The molecule has 124 valence electrons. The first-order valence-corrected chi connectivity index (χ1v) is 8.26. The van der Waals surface area contributed by atoms with Crippen molar-refractivity contribution in [2.75, 3.05) is 13.7 Å². The number of rotatable bonds is 5. The molecule has 0 aliphatic carbocycles. The third kappa shape index (κ3) is 3.52. The quantitative estimate of drug-likeness (QED) is 0.845. The third-order valence-electron chi connectivity index (χ3n) is 4.61. The molecule has 0 amide bonds. The molecule has 0 spiro atoms. The summed E-state index contributed by atoms with van der Waals surface area (Å²) in [5.41, 5.74) is 1.19. The maximum absolute atomic E-state index is 5.79. The molecule has 0 bridgehead atoms. The Balaban J connectivity index is 1.69. The van der Waals surface area contributed by atoms with Crippen LogP contribution in [-0.4, -0.2) is 39.8 Å². The summed E-state index contributed by atoms with van der Waals surface area (Å²) in [5.74, 6) is 2.47. The van der Waals surface area contributed by atoms with Crippen LogP contribution in [0.3, 0.4) is 0 Å². The topological polar surface area (TPSA) is 64.3 Å². The molecule has 2 aromatic heterocycles. The molecule has 1 aliphatic heterocycles. The summed E-state index contributed by atoms with van der Waals surface area (Å²) >= 11 is 0. The molecule has 3 rings (SSSR count). The lowest BCUT2D eigenvalue weighted by Gasteiger charge is -2.37. The van der Waals surface area contributed by atoms with Gasteiger partial charge in [-0.05, 0) is 31.9 Å². The van der Waals surface area contributed by atoms with Crippen molar-refractivity contribution in [3.05, 3.63) is 35.7 Å². The lowest BCUT2D eigenvalue weighted by Crippen LogP contribution is -2.41. The number of hydrogen-bond acceptors (Lipinski definition) is 6. The van der Waals surface area contributed by atoms with Gasteiger partial charge in [0.1, 0.15) is 0 Å². The number of methoxy groups -OCH3 is 1. The molecule has 6 nitrogen and oxygen atoms in total. The van der Waals surface area contributed by atoms with Crippen LogP contribution in [0.25, 0.3) is 0 Å². The minimum atomic E-state index is 0.308. The summed E-state index contributed by atoms with van der Waals surface area (Å²) in [5, 5.41) is 8.37. The maximum atomic E-state index is 5.79. The second-order valence-electron chi connectivity index (χ2n) is 6.06. The van der Waals surface area contributed by atoms with Crippen LogP contribution in [0.15, 0.2) is 22.7 Å². The first-order valence-electron chi connectivity index (χ1n) is 8.26. The molecule has 3 heterocycles. The Morgan fingerprint density at radius 2 is 2.22 bits per heavy atom. The Kier molecular flexibility index (Phi) is 4.91. The molecule has 1 saturated heterocycles. The molecule has 6 heteroatoms. The first-order chi connectivity index (χ1) is 11.2. The predicted molar refractivity (Wildman–Crippen MR) is 86.3 cm³/mol. The smallest absolute Gasteiger partial charge is 0.221 e. The highest BCUT2D eigenvalue weighted by molar-refractivity contribution is 5.18. The standard InChI is InChI=1S/C17H24N4O2/c1-4-15-19-20-17(23-15)14-6-5-9-21(12(14)2)11-13-7-8-16(22-3)18-10-13/h7-8,10,12,14H,4-6,9,11H2,1-3H3/t12-,14-/m0/s1. The van der Waals surface area contributed by atoms with E-state index in [9.17, 15) is 0 Å². The first kappa shape index (κ1) is 15.9. The summed E-state index contributed by atoms with van der Waals surface area (Å²) in [6, 6.07) is 4.35. The van der Waals surface area contributed by atoms with E-state index in [4.69, 9.17) is 9.15 Å². The minimum Gasteiger partial charge on any atom is -0.481 e. The summed E-state index contributed by atoms with van der Waals surface area (Å²) in [6.45, 7) is 6.24. The van der Waals surface area contributed by atoms with E-state index in [2.05, 4.69) is 33.1 Å². The van der Waals surface area contributed by atoms with Gasteiger partial charge in [0.15, 0.2) is 0 Å². The predicted octanol–water partition coefficient (Wildman–Crippen LogP) is 2.80. The number of pyridine rings is 1. The molecule has 0 radical (unpaired) electrons. The van der Waals surface area contributed by atoms with Gasteiger partial charge in [-0.2, -0.15) is 0 Å². The van der Waals surface area contributed by atoms with Crippen LogP contribution in [-0.2, 0) is 13.0 Å². The van der Waals surface area contributed by atoms with E-state index in [0.717, 1.165) is 44.1 Å². The fourth-order valence-corrected chi connectivity index (χ4v) is 3.19. The fourth-order valence-electron chi connectivity index (χ4n) is 3.19. The van der Waals surface area contributed by atoms with Gasteiger partial charge in [-0.25, -0.2) is 4.98 Å². The number of hydrogen-bond donors (Lipinski definition) is 0. The molecule has 0 saturated carbocycles. The van der Waals surface area contributed by atoms with Crippen LogP contribution in [0, 0.1) is 0 Å². The minimum absolute atomic E-state index is 0.308. The van der Waals surface area contributed by atoms with Crippen LogP contribution in [0.5, 0.6) is 5.88 Å². The van der Waals surface area contributed by atoms with Crippen LogP contribution in [0.2, 0.25) is 0 Å². The van der Waals surface area contributed by atoms with Crippen LogP contribution >= 0.6 is 0 Å². The summed E-state index contributed by atoms with van der Waals surface area (Å²) in [6.07, 6.45) is 4.92. The van der Waals surface area contributed by atoms with Crippen molar-refractivity contribution in [1.29, 1.82) is 0 Å². The summed E-state index contributed by atoms with van der Waals surface area (Å²) in [7, 11) is 1.63. The highest BCUT2D eigenvalue weighted by Gasteiger charge is 2.32. The highest BCUT2D eigenvalue weighted by atomic mass is 16.5. The number of piperidine rings is 1. The van der Waals surface area contributed by atoms with Crippen molar-refractivity contribution < 1.29 is 9.15 Å². The Morgan fingerprint density at radius 1 is 1.35 bits per heavy atom. The van der Waals surface area contributed by atoms with E-state index >= 15 is 0 Å². The summed E-state index contributed by atoms with van der Waals surface area (Å²) in [4.78, 5) is 6.76. The Morgan fingerprint density at radius 3 is 2.87 bits per heavy atom. The summed E-state index contributed by atoms with van der Waals surface area (Å²) < 4.78 is 10.9. The van der Waals surface area contributed by atoms with Crippen LogP contribution < -0.4 is 4.74 Å². The van der Waals surface area contributed by atoms with Gasteiger partial charge >= 0.3 is 0 Å². The molecule has 1 fully saturated rings. The Hall–Kier alpha value is -1.95. The van der Waals surface area contributed by atoms with Gasteiger partial charge in [0, 0.05) is 31.3 Å². The third-order valence-corrected chi connectivity index (χ3v) is 4.61. The van der Waals surface area contributed by atoms with Gasteiger partial charge in [-0.15, -0.1) is 10.2 Å². The number of ether oxygens (including phenoxy) is 1. The zero-order valence-electron chi connectivity index (χ0n) is 14.0. The van der Waals surface area contributed by atoms with Gasteiger partial charge in [0.25, 0.3) is 0 Å². The molecule has 1 aliphatic rings. The average Bonchev–Trinajstić information content (AvgIpc) is 3.06. The van der Waals surface area contributed by atoms with Gasteiger partial charge in [0.2, 0.25) is 17.7 Å². The van der Waals surface area contributed by atoms with E-state index in [0.29, 0.717) is 17.8 Å². The Bertz CT molecular complexity index is 626. The number of nitrogens with zero attached hydrogens (tertiary/aromatic N) is 4. The molecule has 2 aromatic rings. The zero-order chi connectivity index (χ0) is 16.2. The van der Waals surface area contributed by atoms with Crippen molar-refractivity contribution in [3.63, 3.8) is 0 Å². The zero-order valence-corrected chi connectivity index (χ0v) is 14.0. The van der Waals surface area contributed by atoms with Crippen LogP contribution in [0.1, 0.15) is 50.0 Å². The van der Waals surface area contributed by atoms with Gasteiger partial charge < -0.3 is 9.15 Å². The second-order valence-corrected chi connectivity index (χ2v) is 6.06. The SMILES string of the molecule is CCc1nnc([C@H]2CCCN(Cc3ccc(OC)nc3)[C@H]2C)o1. The maximum Gasteiger partial charge on any atom is 0.221 e. The monoisotopic (exact) mass is 316 g/mol. The molecule has 23 heavy (non-hydrogen) atoms. The number of aryl methyl sites for hydroxylation is 1. The molecule has 0 unspecified atom stereocenters. The molecule has 0 aromatic carbocycles.